The fraction of sp³-hybridized carbons (Fsp3) is 0.538. The standard InChI is InChI=1S/C13H18ClN3O2/c1-9-7-16(5-4-13(9)15)8-10-2-3-11(17(18)19)6-12(10)14/h2-3,6,9,13H,4-5,7-8,15H2,1H3. The third-order valence-electron chi connectivity index (χ3n) is 3.70. The van der Waals surface area contributed by atoms with E-state index >= 15 is 0 Å². The van der Waals surface area contributed by atoms with Gasteiger partial charge in [-0.15, -0.1) is 0 Å². The Morgan fingerprint density at radius 1 is 1.58 bits per heavy atom. The Morgan fingerprint density at radius 2 is 2.32 bits per heavy atom. The zero-order valence-electron chi connectivity index (χ0n) is 10.9. The van der Waals surface area contributed by atoms with E-state index in [0.29, 0.717) is 17.5 Å². The first-order valence-electron chi connectivity index (χ1n) is 6.38. The average Bonchev–Trinajstić information content (AvgIpc) is 2.36. The van der Waals surface area contributed by atoms with Crippen LogP contribution in [0, 0.1) is 16.0 Å². The highest BCUT2D eigenvalue weighted by Gasteiger charge is 2.23. The van der Waals surface area contributed by atoms with E-state index in [1.165, 1.54) is 12.1 Å². The van der Waals surface area contributed by atoms with E-state index in [9.17, 15) is 10.1 Å². The zero-order valence-corrected chi connectivity index (χ0v) is 11.6. The van der Waals surface area contributed by atoms with Crippen LogP contribution in [0.4, 0.5) is 5.69 Å². The minimum absolute atomic E-state index is 0.0304. The maximum absolute atomic E-state index is 10.7. The first-order chi connectivity index (χ1) is 8.97. The summed E-state index contributed by atoms with van der Waals surface area (Å²) in [6.07, 6.45) is 0.978. The fourth-order valence-electron chi connectivity index (χ4n) is 2.41. The number of rotatable bonds is 3. The molecule has 1 fully saturated rings. The summed E-state index contributed by atoms with van der Waals surface area (Å²) in [6, 6.07) is 4.92. The second-order valence-corrected chi connectivity index (χ2v) is 5.60. The fourth-order valence-corrected chi connectivity index (χ4v) is 2.65. The van der Waals surface area contributed by atoms with Gasteiger partial charge in [-0.3, -0.25) is 15.0 Å². The highest BCUT2D eigenvalue weighted by atomic mass is 35.5. The zero-order chi connectivity index (χ0) is 14.0. The number of nitrogens with zero attached hydrogens (tertiary/aromatic N) is 2. The van der Waals surface area contributed by atoms with Crippen LogP contribution in [-0.4, -0.2) is 29.0 Å². The van der Waals surface area contributed by atoms with E-state index in [2.05, 4.69) is 11.8 Å². The van der Waals surface area contributed by atoms with E-state index in [1.807, 2.05) is 0 Å². The summed E-state index contributed by atoms with van der Waals surface area (Å²) in [5.41, 5.74) is 6.95. The van der Waals surface area contributed by atoms with Crippen molar-refractivity contribution < 1.29 is 4.92 Å². The Hall–Kier alpha value is -1.17. The lowest BCUT2D eigenvalue weighted by Crippen LogP contribution is -2.45. The van der Waals surface area contributed by atoms with Crippen LogP contribution < -0.4 is 5.73 Å². The van der Waals surface area contributed by atoms with Gasteiger partial charge in [0.2, 0.25) is 0 Å². The van der Waals surface area contributed by atoms with Crippen LogP contribution in [-0.2, 0) is 6.54 Å². The van der Waals surface area contributed by atoms with Crippen molar-refractivity contribution in [1.82, 2.24) is 4.90 Å². The molecule has 5 nitrogen and oxygen atoms in total. The predicted molar refractivity (Wildman–Crippen MR) is 75.1 cm³/mol. The molecule has 2 rings (SSSR count). The number of benzene rings is 1. The Bertz CT molecular complexity index is 481. The Kier molecular flexibility index (Phi) is 4.39. The molecule has 104 valence electrons. The number of halogens is 1. The highest BCUT2D eigenvalue weighted by Crippen LogP contribution is 2.25. The summed E-state index contributed by atoms with van der Waals surface area (Å²) in [6.45, 7) is 4.75. The van der Waals surface area contributed by atoms with Gasteiger partial charge >= 0.3 is 0 Å². The van der Waals surface area contributed by atoms with Gasteiger partial charge in [0.1, 0.15) is 0 Å². The van der Waals surface area contributed by atoms with E-state index in [0.717, 1.165) is 25.1 Å². The molecular weight excluding hydrogens is 266 g/mol. The number of non-ortho nitro benzene ring substituents is 1. The molecule has 1 aliphatic rings. The van der Waals surface area contributed by atoms with Gasteiger partial charge in [-0.1, -0.05) is 18.5 Å². The Labute approximate surface area is 117 Å². The van der Waals surface area contributed by atoms with Crippen LogP contribution in [0.3, 0.4) is 0 Å². The number of likely N-dealkylation sites (tertiary alicyclic amines) is 1. The van der Waals surface area contributed by atoms with Gasteiger partial charge in [0.25, 0.3) is 5.69 Å². The SMILES string of the molecule is CC1CN(Cc2ccc([N+](=O)[O-])cc2Cl)CCC1N. The van der Waals surface area contributed by atoms with E-state index in [4.69, 9.17) is 17.3 Å². The molecule has 0 amide bonds. The first kappa shape index (κ1) is 14.2. The number of nitro benzene ring substituents is 1. The lowest BCUT2D eigenvalue weighted by atomic mass is 9.94. The summed E-state index contributed by atoms with van der Waals surface area (Å²) in [7, 11) is 0. The quantitative estimate of drug-likeness (QED) is 0.683. The molecule has 0 aromatic heterocycles. The molecule has 0 radical (unpaired) electrons. The summed E-state index contributed by atoms with van der Waals surface area (Å²) in [5, 5.41) is 11.1. The van der Waals surface area contributed by atoms with Gasteiger partial charge < -0.3 is 5.73 Å². The van der Waals surface area contributed by atoms with Crippen LogP contribution in [0.5, 0.6) is 0 Å². The summed E-state index contributed by atoms with van der Waals surface area (Å²) >= 11 is 6.10. The van der Waals surface area contributed by atoms with Crippen molar-refractivity contribution in [1.29, 1.82) is 0 Å². The molecular formula is C13H18ClN3O2. The molecule has 2 unspecified atom stereocenters. The lowest BCUT2D eigenvalue weighted by molar-refractivity contribution is -0.384. The van der Waals surface area contributed by atoms with Crippen molar-refractivity contribution in [2.75, 3.05) is 13.1 Å². The van der Waals surface area contributed by atoms with Gasteiger partial charge in [0.05, 0.1) is 9.95 Å². The van der Waals surface area contributed by atoms with Gasteiger partial charge in [0.15, 0.2) is 0 Å². The van der Waals surface area contributed by atoms with Crippen molar-refractivity contribution in [2.24, 2.45) is 11.7 Å². The minimum atomic E-state index is -0.433. The third-order valence-corrected chi connectivity index (χ3v) is 4.05. The summed E-state index contributed by atoms with van der Waals surface area (Å²) < 4.78 is 0. The van der Waals surface area contributed by atoms with Crippen molar-refractivity contribution in [3.05, 3.63) is 38.9 Å². The molecule has 0 spiro atoms. The monoisotopic (exact) mass is 283 g/mol. The van der Waals surface area contributed by atoms with E-state index in [-0.39, 0.29) is 11.7 Å². The topological polar surface area (TPSA) is 72.4 Å². The van der Waals surface area contributed by atoms with E-state index in [1.54, 1.807) is 6.07 Å². The second kappa shape index (κ2) is 5.86. The second-order valence-electron chi connectivity index (χ2n) is 5.20. The molecule has 1 heterocycles. The molecule has 0 bridgehead atoms. The Morgan fingerprint density at radius 3 is 2.89 bits per heavy atom. The minimum Gasteiger partial charge on any atom is -0.327 e. The normalized spacial score (nSPS) is 24.4. The van der Waals surface area contributed by atoms with Crippen molar-refractivity contribution >= 4 is 17.3 Å². The predicted octanol–water partition coefficient (Wildman–Crippen LogP) is 2.42. The average molecular weight is 284 g/mol. The van der Waals surface area contributed by atoms with Crippen LogP contribution in [0.1, 0.15) is 18.9 Å². The Balaban J connectivity index is 2.05. The van der Waals surface area contributed by atoms with Crippen molar-refractivity contribution in [3.63, 3.8) is 0 Å². The third kappa shape index (κ3) is 3.43. The molecule has 19 heavy (non-hydrogen) atoms. The van der Waals surface area contributed by atoms with Crippen LogP contribution in [0.2, 0.25) is 5.02 Å². The molecule has 6 heteroatoms. The maximum atomic E-state index is 10.7. The van der Waals surface area contributed by atoms with Crippen LogP contribution in [0.25, 0.3) is 0 Å². The molecule has 0 aliphatic carbocycles. The number of piperidine rings is 1. The molecule has 1 aromatic rings. The van der Waals surface area contributed by atoms with Crippen LogP contribution in [0.15, 0.2) is 18.2 Å². The largest absolute Gasteiger partial charge is 0.327 e. The van der Waals surface area contributed by atoms with Crippen molar-refractivity contribution in [2.45, 2.75) is 25.9 Å². The summed E-state index contributed by atoms with van der Waals surface area (Å²) in [4.78, 5) is 12.5. The lowest BCUT2D eigenvalue weighted by Gasteiger charge is -2.35. The van der Waals surface area contributed by atoms with Gasteiger partial charge in [0, 0.05) is 31.3 Å². The smallest absolute Gasteiger partial charge is 0.270 e. The highest BCUT2D eigenvalue weighted by molar-refractivity contribution is 6.31. The number of hydrogen-bond donors (Lipinski definition) is 1. The number of hydrogen-bond acceptors (Lipinski definition) is 4. The molecule has 0 saturated carbocycles. The molecule has 1 aliphatic heterocycles. The van der Waals surface area contributed by atoms with Gasteiger partial charge in [-0.2, -0.15) is 0 Å². The van der Waals surface area contributed by atoms with Gasteiger partial charge in [-0.25, -0.2) is 0 Å². The van der Waals surface area contributed by atoms with Gasteiger partial charge in [-0.05, 0) is 30.5 Å². The molecule has 2 N–H and O–H groups in total. The molecule has 1 aromatic carbocycles. The first-order valence-corrected chi connectivity index (χ1v) is 6.76. The summed E-state index contributed by atoms with van der Waals surface area (Å²) in [5.74, 6) is 0.463. The maximum Gasteiger partial charge on any atom is 0.270 e. The van der Waals surface area contributed by atoms with Crippen molar-refractivity contribution in [3.8, 4) is 0 Å². The number of nitrogens with two attached hydrogens (primary N) is 1. The molecule has 2 atom stereocenters. The van der Waals surface area contributed by atoms with Crippen LogP contribution >= 0.6 is 11.6 Å². The molecule has 1 saturated heterocycles. The van der Waals surface area contributed by atoms with E-state index < -0.39 is 4.92 Å². The number of nitro groups is 1.